The summed E-state index contributed by atoms with van der Waals surface area (Å²) in [7, 11) is -4.15. The third-order valence-electron chi connectivity index (χ3n) is 9.01. The van der Waals surface area contributed by atoms with Crippen molar-refractivity contribution in [3.05, 3.63) is 112 Å². The Balaban J connectivity index is 1.25. The van der Waals surface area contributed by atoms with Gasteiger partial charge in [-0.25, -0.2) is 37.0 Å². The Labute approximate surface area is 340 Å². The van der Waals surface area contributed by atoms with Gasteiger partial charge < -0.3 is 18.8 Å². The van der Waals surface area contributed by atoms with Crippen LogP contribution in [0.3, 0.4) is 0 Å². The number of nitrogens with zero attached hydrogens (tertiary/aromatic N) is 3. The lowest BCUT2D eigenvalue weighted by Crippen LogP contribution is -2.27. The predicted octanol–water partition coefficient (Wildman–Crippen LogP) is 10.8. The first-order valence-electron chi connectivity index (χ1n) is 18.5. The highest BCUT2D eigenvalue weighted by Crippen LogP contribution is 2.55. The smallest absolute Gasteiger partial charge is 0.473 e. The summed E-state index contributed by atoms with van der Waals surface area (Å²) >= 11 is 5.84. The van der Waals surface area contributed by atoms with Gasteiger partial charge in [0.1, 0.15) is 29.9 Å². The van der Waals surface area contributed by atoms with Gasteiger partial charge in [0.25, 0.3) is 0 Å². The Morgan fingerprint density at radius 2 is 1.62 bits per heavy atom. The molecule has 58 heavy (non-hydrogen) atoms. The lowest BCUT2D eigenvalue weighted by Gasteiger charge is -2.30. The Bertz CT molecular complexity index is 2360. The van der Waals surface area contributed by atoms with Crippen LogP contribution in [0.4, 0.5) is 13.2 Å². The number of phosphoric ester groups is 1. The molecule has 310 valence electrons. The summed E-state index contributed by atoms with van der Waals surface area (Å²) in [5.74, 6) is -2.24. The number of aromatic nitrogens is 3. The third kappa shape index (κ3) is 10.5. The first-order chi connectivity index (χ1) is 27.1. The van der Waals surface area contributed by atoms with E-state index in [0.29, 0.717) is 30.1 Å². The number of benzene rings is 3. The maximum atomic E-state index is 16.0. The number of pyridine rings is 1. The topological polar surface area (TPSA) is 120 Å². The zero-order chi connectivity index (χ0) is 42.2. The highest BCUT2D eigenvalue weighted by molar-refractivity contribution is 7.48. The van der Waals surface area contributed by atoms with E-state index in [0.717, 1.165) is 12.1 Å². The van der Waals surface area contributed by atoms with Gasteiger partial charge in [-0.15, -0.1) is 0 Å². The quantitative estimate of drug-likeness (QED) is 0.0643. The Morgan fingerprint density at radius 3 is 2.28 bits per heavy atom. The van der Waals surface area contributed by atoms with Crippen molar-refractivity contribution in [3.63, 3.8) is 0 Å². The molecule has 5 aromatic rings. The van der Waals surface area contributed by atoms with Crippen LogP contribution in [-0.2, 0) is 40.6 Å². The number of fused-ring (bicyclic) bond motifs is 1. The van der Waals surface area contributed by atoms with Crippen LogP contribution in [0.1, 0.15) is 88.7 Å². The van der Waals surface area contributed by atoms with Gasteiger partial charge >= 0.3 is 13.8 Å². The van der Waals surface area contributed by atoms with E-state index >= 15 is 8.78 Å². The summed E-state index contributed by atoms with van der Waals surface area (Å²) in [6.45, 7) is 14.1. The van der Waals surface area contributed by atoms with E-state index in [1.807, 2.05) is 18.4 Å². The summed E-state index contributed by atoms with van der Waals surface area (Å²) in [4.78, 5) is 22.5. The van der Waals surface area contributed by atoms with Crippen molar-refractivity contribution >= 4 is 36.4 Å². The number of carbonyl (C=O) groups is 1. The minimum absolute atomic E-state index is 0.0382. The van der Waals surface area contributed by atoms with Gasteiger partial charge in [-0.3, -0.25) is 9.05 Å². The van der Waals surface area contributed by atoms with Crippen molar-refractivity contribution < 1.29 is 50.3 Å². The van der Waals surface area contributed by atoms with Crippen LogP contribution < -0.4 is 4.74 Å². The van der Waals surface area contributed by atoms with Crippen LogP contribution in [0.2, 0.25) is 5.02 Å². The molecule has 0 saturated carbocycles. The van der Waals surface area contributed by atoms with Crippen LogP contribution in [-0.4, -0.2) is 51.7 Å². The fourth-order valence-electron chi connectivity index (χ4n) is 6.42. The second-order valence-corrected chi connectivity index (χ2v) is 18.6. The minimum Gasteiger partial charge on any atom is -0.473 e. The van der Waals surface area contributed by atoms with E-state index < -0.39 is 49.2 Å². The van der Waals surface area contributed by atoms with E-state index in [1.165, 1.54) is 36.4 Å². The molecule has 0 unspecified atom stereocenters. The standard InChI is InChI=1S/C42H46ClF3N3O8P/c1-40(2,3)56-58(51,57-41(4,5)6)55-24-54-39(50)25-13-15-34-35(17-25)49(36-22-52-23-42(36,7)8)37(47-34)18-27-16-32(46)29(20-31(27)45)33-10-9-11-38(48-33)53-21-26-12-14-28(43)19-30(26)44/h9-17,19-20,36H,18,21-24H2,1-8H3/t36-/m1/s1. The number of carbonyl (C=O) groups excluding carboxylic acids is 1. The molecule has 3 aromatic carbocycles. The lowest BCUT2D eigenvalue weighted by molar-refractivity contribution is -0.0353. The van der Waals surface area contributed by atoms with Gasteiger partial charge in [0.15, 0.2) is 0 Å². The second kappa shape index (κ2) is 16.8. The molecule has 2 aromatic heterocycles. The van der Waals surface area contributed by atoms with Crippen molar-refractivity contribution in [1.29, 1.82) is 0 Å². The van der Waals surface area contributed by atoms with Crippen molar-refractivity contribution in [1.82, 2.24) is 14.5 Å². The van der Waals surface area contributed by atoms with E-state index in [4.69, 9.17) is 44.4 Å². The van der Waals surface area contributed by atoms with Gasteiger partial charge in [0, 0.05) is 34.1 Å². The first-order valence-corrected chi connectivity index (χ1v) is 20.4. The van der Waals surface area contributed by atoms with Gasteiger partial charge in [0.2, 0.25) is 12.7 Å². The van der Waals surface area contributed by atoms with Crippen molar-refractivity contribution in [2.75, 3.05) is 20.0 Å². The SMILES string of the molecule is CC(C)(C)OP(=O)(OCOC(=O)c1ccc2nc(Cc3cc(F)c(-c4cccc(OCc5ccc(Cl)cc5F)n4)cc3F)n([C@@H]3COCC3(C)C)c2c1)OC(C)(C)C. The maximum Gasteiger partial charge on any atom is 0.478 e. The van der Waals surface area contributed by atoms with Crippen LogP contribution in [0, 0.1) is 22.9 Å². The van der Waals surface area contributed by atoms with Crippen molar-refractivity contribution in [2.45, 2.75) is 85.7 Å². The lowest BCUT2D eigenvalue weighted by atomic mass is 9.87. The van der Waals surface area contributed by atoms with Crippen molar-refractivity contribution in [3.8, 4) is 17.1 Å². The maximum absolute atomic E-state index is 16.0. The van der Waals surface area contributed by atoms with Crippen LogP contribution in [0.15, 0.2) is 66.7 Å². The molecule has 0 amide bonds. The molecule has 0 radical (unpaired) electrons. The summed E-state index contributed by atoms with van der Waals surface area (Å²) in [5.41, 5.74) is -0.665. The molecule has 1 saturated heterocycles. The molecule has 1 aliphatic heterocycles. The fourth-order valence-corrected chi connectivity index (χ4v) is 8.24. The molecule has 0 N–H and O–H groups in total. The number of rotatable bonds is 13. The Hall–Kier alpha value is -4.30. The molecular weight excluding hydrogens is 798 g/mol. The molecule has 0 aliphatic carbocycles. The summed E-state index contributed by atoms with van der Waals surface area (Å²) in [5, 5.41) is 0.246. The number of hydrogen-bond donors (Lipinski definition) is 0. The largest absolute Gasteiger partial charge is 0.478 e. The molecule has 0 bridgehead atoms. The van der Waals surface area contributed by atoms with E-state index in [1.54, 1.807) is 59.7 Å². The first kappa shape index (κ1) is 43.3. The summed E-state index contributed by atoms with van der Waals surface area (Å²) < 4.78 is 94.9. The average Bonchev–Trinajstić information content (AvgIpc) is 3.64. The van der Waals surface area contributed by atoms with E-state index in [2.05, 4.69) is 4.98 Å². The zero-order valence-electron chi connectivity index (χ0n) is 33.5. The van der Waals surface area contributed by atoms with E-state index in [-0.39, 0.29) is 63.3 Å². The second-order valence-electron chi connectivity index (χ2n) is 16.6. The molecule has 16 heteroatoms. The van der Waals surface area contributed by atoms with Crippen LogP contribution in [0.25, 0.3) is 22.3 Å². The highest BCUT2D eigenvalue weighted by atomic mass is 35.5. The van der Waals surface area contributed by atoms with E-state index in [9.17, 15) is 13.8 Å². The molecular formula is C42H46ClF3N3O8P. The van der Waals surface area contributed by atoms with Crippen LogP contribution in [0.5, 0.6) is 5.88 Å². The fraction of sp³-hybridized carbons (Fsp3) is 0.405. The zero-order valence-corrected chi connectivity index (χ0v) is 35.2. The number of imidazole rings is 1. The molecule has 3 heterocycles. The highest BCUT2D eigenvalue weighted by Gasteiger charge is 2.40. The van der Waals surface area contributed by atoms with Gasteiger partial charge in [0.05, 0.1) is 52.7 Å². The molecule has 11 nitrogen and oxygen atoms in total. The third-order valence-corrected chi connectivity index (χ3v) is 11.2. The normalized spacial score (nSPS) is 15.9. The number of ether oxygens (including phenoxy) is 3. The van der Waals surface area contributed by atoms with Gasteiger partial charge in [-0.2, -0.15) is 0 Å². The Kier molecular flexibility index (Phi) is 12.5. The van der Waals surface area contributed by atoms with Gasteiger partial charge in [-0.05, 0) is 95.6 Å². The number of halogens is 4. The number of hydrogen-bond acceptors (Lipinski definition) is 10. The summed E-state index contributed by atoms with van der Waals surface area (Å²) in [6, 6.07) is 15.5. The van der Waals surface area contributed by atoms with Crippen molar-refractivity contribution in [2.24, 2.45) is 5.41 Å². The predicted molar refractivity (Wildman–Crippen MR) is 212 cm³/mol. The summed E-state index contributed by atoms with van der Waals surface area (Å²) in [6.07, 6.45) is -0.0992. The average molecular weight is 844 g/mol. The molecule has 1 atom stereocenters. The van der Waals surface area contributed by atoms with Crippen LogP contribution >= 0.6 is 19.4 Å². The molecule has 1 aliphatic rings. The number of phosphoric acid groups is 1. The molecule has 6 rings (SSSR count). The minimum atomic E-state index is -4.15. The van der Waals surface area contributed by atoms with Gasteiger partial charge in [-0.1, -0.05) is 37.6 Å². The molecule has 0 spiro atoms. The number of esters is 1. The molecule has 1 fully saturated rings. The Morgan fingerprint density at radius 1 is 0.914 bits per heavy atom. The monoisotopic (exact) mass is 843 g/mol.